The minimum Gasteiger partial charge on any atom is -0.477 e. The fraction of sp³-hybridized carbons (Fsp3) is 0.267. The van der Waals surface area contributed by atoms with Crippen molar-refractivity contribution < 1.29 is 22.7 Å². The Morgan fingerprint density at radius 3 is 2.43 bits per heavy atom. The van der Waals surface area contributed by atoms with Gasteiger partial charge in [0.05, 0.1) is 5.69 Å². The molecule has 1 heterocycles. The number of carboxylic acids is 1. The van der Waals surface area contributed by atoms with E-state index in [1.165, 1.54) is 23.6 Å². The van der Waals surface area contributed by atoms with Crippen LogP contribution in [0.3, 0.4) is 0 Å². The average molecular weight is 357 g/mol. The fourth-order valence-corrected chi connectivity index (χ4v) is 3.82. The van der Waals surface area contributed by atoms with Crippen LogP contribution in [0, 0.1) is 5.82 Å². The second-order valence-corrected chi connectivity index (χ2v) is 8.54. The molecule has 0 spiro atoms. The maximum Gasteiger partial charge on any atom is 0.348 e. The van der Waals surface area contributed by atoms with Crippen molar-refractivity contribution in [2.75, 3.05) is 4.72 Å². The van der Waals surface area contributed by atoms with Crippen molar-refractivity contribution >= 4 is 33.0 Å². The molecule has 0 saturated carbocycles. The minimum absolute atomic E-state index is 0.0817. The van der Waals surface area contributed by atoms with Crippen LogP contribution < -0.4 is 4.72 Å². The first-order chi connectivity index (χ1) is 10.5. The van der Waals surface area contributed by atoms with Gasteiger partial charge in [0.15, 0.2) is 0 Å². The summed E-state index contributed by atoms with van der Waals surface area (Å²) in [6, 6.07) is 5.24. The molecule has 124 valence electrons. The van der Waals surface area contributed by atoms with Crippen LogP contribution in [0.25, 0.3) is 0 Å². The number of sulfonamides is 1. The molecule has 0 aliphatic rings. The van der Waals surface area contributed by atoms with Crippen LogP contribution in [-0.2, 0) is 15.4 Å². The summed E-state index contributed by atoms with van der Waals surface area (Å²) in [6.07, 6.45) is 0. The highest BCUT2D eigenvalue weighted by Gasteiger charge is 2.24. The van der Waals surface area contributed by atoms with E-state index < -0.39 is 26.7 Å². The summed E-state index contributed by atoms with van der Waals surface area (Å²) in [5.41, 5.74) is 0.262. The topological polar surface area (TPSA) is 83.5 Å². The first-order valence-electron chi connectivity index (χ1n) is 6.66. The van der Waals surface area contributed by atoms with Crippen LogP contribution >= 0.6 is 11.3 Å². The summed E-state index contributed by atoms with van der Waals surface area (Å²) in [4.78, 5) is 10.4. The van der Waals surface area contributed by atoms with Crippen molar-refractivity contribution in [3.05, 3.63) is 45.9 Å². The highest BCUT2D eigenvalue weighted by atomic mass is 32.2. The number of hydrogen-bond donors (Lipinski definition) is 2. The number of carboxylic acid groups (broad SMARTS) is 1. The second-order valence-electron chi connectivity index (χ2n) is 5.97. The SMILES string of the molecule is CC(C)(C)c1ccc(S(=O)(=O)Nc2ccsc2C(=O)O)c(F)c1. The normalized spacial score (nSPS) is 12.2. The monoisotopic (exact) mass is 357 g/mol. The molecule has 8 heteroatoms. The van der Waals surface area contributed by atoms with Crippen molar-refractivity contribution in [2.45, 2.75) is 31.1 Å². The Labute approximate surface area is 137 Å². The van der Waals surface area contributed by atoms with Crippen molar-refractivity contribution in [1.29, 1.82) is 0 Å². The van der Waals surface area contributed by atoms with Gasteiger partial charge in [0.1, 0.15) is 15.6 Å². The third kappa shape index (κ3) is 3.70. The molecule has 2 N–H and O–H groups in total. The Kier molecular flexibility index (Phi) is 4.50. The van der Waals surface area contributed by atoms with E-state index in [1.54, 1.807) is 6.07 Å². The van der Waals surface area contributed by atoms with E-state index in [-0.39, 0.29) is 16.0 Å². The van der Waals surface area contributed by atoms with Gasteiger partial charge in [0.2, 0.25) is 0 Å². The summed E-state index contributed by atoms with van der Waals surface area (Å²) < 4.78 is 41.0. The summed E-state index contributed by atoms with van der Waals surface area (Å²) in [5.74, 6) is -2.13. The molecular weight excluding hydrogens is 341 g/mol. The molecule has 0 unspecified atom stereocenters. The van der Waals surface area contributed by atoms with Crippen molar-refractivity contribution in [3.63, 3.8) is 0 Å². The van der Waals surface area contributed by atoms with Crippen molar-refractivity contribution in [3.8, 4) is 0 Å². The van der Waals surface area contributed by atoms with Gasteiger partial charge in [-0.25, -0.2) is 17.6 Å². The van der Waals surface area contributed by atoms with Crippen LogP contribution in [0.5, 0.6) is 0 Å². The quantitative estimate of drug-likeness (QED) is 0.874. The first-order valence-corrected chi connectivity index (χ1v) is 9.02. The lowest BCUT2D eigenvalue weighted by atomic mass is 9.87. The molecule has 0 bridgehead atoms. The number of aromatic carboxylic acids is 1. The molecule has 0 saturated heterocycles. The number of hydrogen-bond acceptors (Lipinski definition) is 4. The zero-order valence-electron chi connectivity index (χ0n) is 12.8. The third-order valence-corrected chi connectivity index (χ3v) is 5.49. The largest absolute Gasteiger partial charge is 0.477 e. The molecule has 23 heavy (non-hydrogen) atoms. The van der Waals surface area contributed by atoms with E-state index in [2.05, 4.69) is 4.72 Å². The lowest BCUT2D eigenvalue weighted by Gasteiger charge is -2.19. The first kappa shape index (κ1) is 17.4. The van der Waals surface area contributed by atoms with Crippen LogP contribution in [0.2, 0.25) is 0 Å². The van der Waals surface area contributed by atoms with Gasteiger partial charge in [0, 0.05) is 0 Å². The molecule has 0 radical (unpaired) electrons. The number of anilines is 1. The smallest absolute Gasteiger partial charge is 0.348 e. The van der Waals surface area contributed by atoms with Gasteiger partial charge in [-0.05, 0) is 34.6 Å². The van der Waals surface area contributed by atoms with Gasteiger partial charge in [-0.3, -0.25) is 4.72 Å². The van der Waals surface area contributed by atoms with Crippen LogP contribution in [-0.4, -0.2) is 19.5 Å². The predicted molar refractivity (Wildman–Crippen MR) is 87.2 cm³/mol. The molecule has 0 fully saturated rings. The van der Waals surface area contributed by atoms with E-state index in [4.69, 9.17) is 5.11 Å². The molecule has 0 atom stereocenters. The van der Waals surface area contributed by atoms with E-state index in [0.29, 0.717) is 5.56 Å². The fourth-order valence-electron chi connectivity index (χ4n) is 1.94. The Morgan fingerprint density at radius 2 is 1.91 bits per heavy atom. The Morgan fingerprint density at radius 1 is 1.26 bits per heavy atom. The van der Waals surface area contributed by atoms with E-state index >= 15 is 0 Å². The zero-order chi connectivity index (χ0) is 17.4. The van der Waals surface area contributed by atoms with E-state index in [0.717, 1.165) is 11.3 Å². The molecule has 0 aliphatic heterocycles. The Hall–Kier alpha value is -1.93. The van der Waals surface area contributed by atoms with E-state index in [1.807, 2.05) is 20.8 Å². The van der Waals surface area contributed by atoms with Gasteiger partial charge in [-0.1, -0.05) is 26.8 Å². The Balaban J connectivity index is 2.41. The number of thiophene rings is 1. The zero-order valence-corrected chi connectivity index (χ0v) is 14.4. The molecule has 1 aromatic carbocycles. The van der Waals surface area contributed by atoms with E-state index in [9.17, 15) is 17.6 Å². The van der Waals surface area contributed by atoms with Crippen LogP contribution in [0.4, 0.5) is 10.1 Å². The highest BCUT2D eigenvalue weighted by Crippen LogP contribution is 2.28. The summed E-state index contributed by atoms with van der Waals surface area (Å²) >= 11 is 0.883. The lowest BCUT2D eigenvalue weighted by molar-refractivity contribution is 0.0703. The molecule has 0 amide bonds. The number of rotatable bonds is 4. The number of carbonyl (C=O) groups is 1. The summed E-state index contributed by atoms with van der Waals surface area (Å²) in [5, 5.41) is 10.4. The predicted octanol–water partition coefficient (Wildman–Crippen LogP) is 3.68. The van der Waals surface area contributed by atoms with Gasteiger partial charge in [-0.2, -0.15) is 0 Å². The molecule has 0 aliphatic carbocycles. The molecular formula is C15H16FNO4S2. The number of halogens is 1. The average Bonchev–Trinajstić information content (AvgIpc) is 2.84. The highest BCUT2D eigenvalue weighted by molar-refractivity contribution is 7.92. The Bertz CT molecular complexity index is 851. The van der Waals surface area contributed by atoms with Crippen molar-refractivity contribution in [2.24, 2.45) is 0 Å². The maximum absolute atomic E-state index is 14.2. The molecule has 2 rings (SSSR count). The third-order valence-electron chi connectivity index (χ3n) is 3.19. The summed E-state index contributed by atoms with van der Waals surface area (Å²) in [7, 11) is -4.21. The maximum atomic E-state index is 14.2. The van der Waals surface area contributed by atoms with Crippen molar-refractivity contribution in [1.82, 2.24) is 0 Å². The van der Waals surface area contributed by atoms with Gasteiger partial charge in [-0.15, -0.1) is 11.3 Å². The van der Waals surface area contributed by atoms with Crippen LogP contribution in [0.1, 0.15) is 36.0 Å². The molecule has 5 nitrogen and oxygen atoms in total. The standard InChI is InChI=1S/C15H16FNO4S2/c1-15(2,3)9-4-5-12(10(16)8-9)23(20,21)17-11-6-7-22-13(11)14(18)19/h4-8,17H,1-3H3,(H,18,19). The summed E-state index contributed by atoms with van der Waals surface area (Å²) in [6.45, 7) is 5.66. The van der Waals surface area contributed by atoms with Gasteiger partial charge in [0.25, 0.3) is 10.0 Å². The van der Waals surface area contributed by atoms with Gasteiger partial charge >= 0.3 is 5.97 Å². The lowest BCUT2D eigenvalue weighted by Crippen LogP contribution is -2.17. The molecule has 1 aromatic heterocycles. The van der Waals surface area contributed by atoms with Gasteiger partial charge < -0.3 is 5.11 Å². The van der Waals surface area contributed by atoms with Crippen LogP contribution in [0.15, 0.2) is 34.5 Å². The number of nitrogens with one attached hydrogen (secondary N) is 1. The molecule has 2 aromatic rings. The minimum atomic E-state index is -4.21. The number of benzene rings is 1. The second kappa shape index (κ2) is 5.93.